The Bertz CT molecular complexity index is 367. The van der Waals surface area contributed by atoms with Gasteiger partial charge in [-0.15, -0.1) is 0 Å². The summed E-state index contributed by atoms with van der Waals surface area (Å²) in [5.74, 6) is 0. The van der Waals surface area contributed by atoms with Crippen molar-refractivity contribution in [1.29, 1.82) is 0 Å². The number of rotatable bonds is 3. The third-order valence-corrected chi connectivity index (χ3v) is 5.71. The fourth-order valence-corrected chi connectivity index (χ4v) is 4.35. The molecule has 0 saturated carbocycles. The van der Waals surface area contributed by atoms with Crippen molar-refractivity contribution in [3.8, 4) is 0 Å². The van der Waals surface area contributed by atoms with Gasteiger partial charge in [-0.05, 0) is 19.8 Å². The van der Waals surface area contributed by atoms with E-state index in [0.717, 1.165) is 19.3 Å². The Kier molecular flexibility index (Phi) is 4.60. The lowest BCUT2D eigenvalue weighted by Gasteiger charge is -2.40. The molecular formula is C11H22N2O4S. The highest BCUT2D eigenvalue weighted by Gasteiger charge is 2.38. The predicted molar refractivity (Wildman–Crippen MR) is 67.3 cm³/mol. The lowest BCUT2D eigenvalue weighted by atomic mass is 10.2. The van der Waals surface area contributed by atoms with E-state index in [0.29, 0.717) is 19.7 Å². The van der Waals surface area contributed by atoms with Crippen LogP contribution in [0.5, 0.6) is 0 Å². The number of aliphatic hydroxyl groups is 1. The molecule has 0 amide bonds. The van der Waals surface area contributed by atoms with Crippen LogP contribution in [0.1, 0.15) is 26.2 Å². The van der Waals surface area contributed by atoms with Crippen molar-refractivity contribution in [1.82, 2.24) is 8.61 Å². The van der Waals surface area contributed by atoms with Crippen molar-refractivity contribution in [3.63, 3.8) is 0 Å². The van der Waals surface area contributed by atoms with Crippen molar-refractivity contribution in [3.05, 3.63) is 0 Å². The van der Waals surface area contributed by atoms with Gasteiger partial charge in [0.05, 0.1) is 19.3 Å². The molecule has 0 spiro atoms. The Morgan fingerprint density at radius 2 is 1.94 bits per heavy atom. The monoisotopic (exact) mass is 278 g/mol. The lowest BCUT2D eigenvalue weighted by molar-refractivity contribution is -0.0532. The summed E-state index contributed by atoms with van der Waals surface area (Å²) < 4.78 is 33.5. The molecule has 2 fully saturated rings. The van der Waals surface area contributed by atoms with Crippen LogP contribution in [-0.2, 0) is 14.9 Å². The highest BCUT2D eigenvalue weighted by atomic mass is 32.2. The summed E-state index contributed by atoms with van der Waals surface area (Å²) in [5.41, 5.74) is 0. The van der Waals surface area contributed by atoms with E-state index in [4.69, 9.17) is 9.84 Å². The van der Waals surface area contributed by atoms with Gasteiger partial charge in [0.1, 0.15) is 0 Å². The molecule has 2 atom stereocenters. The van der Waals surface area contributed by atoms with Gasteiger partial charge in [-0.25, -0.2) is 0 Å². The number of ether oxygens (including phenoxy) is 1. The first-order valence-electron chi connectivity index (χ1n) is 6.55. The lowest BCUT2D eigenvalue weighted by Crippen LogP contribution is -2.56. The minimum atomic E-state index is -3.40. The van der Waals surface area contributed by atoms with E-state index >= 15 is 0 Å². The van der Waals surface area contributed by atoms with Crippen LogP contribution < -0.4 is 0 Å². The number of morpholine rings is 1. The van der Waals surface area contributed by atoms with Crippen molar-refractivity contribution in [2.45, 2.75) is 38.3 Å². The molecule has 106 valence electrons. The number of aliphatic hydroxyl groups excluding tert-OH is 1. The fraction of sp³-hybridized carbons (Fsp3) is 1.00. The Balaban J connectivity index is 2.11. The first-order chi connectivity index (χ1) is 8.55. The largest absolute Gasteiger partial charge is 0.394 e. The van der Waals surface area contributed by atoms with Gasteiger partial charge < -0.3 is 9.84 Å². The smallest absolute Gasteiger partial charge is 0.282 e. The van der Waals surface area contributed by atoms with Crippen LogP contribution in [0.25, 0.3) is 0 Å². The predicted octanol–water partition coefficient (Wildman–Crippen LogP) is -0.201. The number of nitrogens with zero attached hydrogens (tertiary/aromatic N) is 2. The molecule has 2 aliphatic heterocycles. The molecule has 2 unspecified atom stereocenters. The van der Waals surface area contributed by atoms with Crippen molar-refractivity contribution in [2.75, 3.05) is 32.8 Å². The molecule has 2 aliphatic rings. The van der Waals surface area contributed by atoms with Gasteiger partial charge in [0.2, 0.25) is 0 Å². The molecule has 0 aliphatic carbocycles. The average Bonchev–Trinajstić information content (AvgIpc) is 2.40. The van der Waals surface area contributed by atoms with E-state index in [1.807, 2.05) is 6.92 Å². The molecular weight excluding hydrogens is 256 g/mol. The molecule has 18 heavy (non-hydrogen) atoms. The van der Waals surface area contributed by atoms with E-state index in [-0.39, 0.29) is 19.2 Å². The van der Waals surface area contributed by atoms with Gasteiger partial charge in [0, 0.05) is 25.7 Å². The van der Waals surface area contributed by atoms with Gasteiger partial charge in [-0.2, -0.15) is 17.0 Å². The van der Waals surface area contributed by atoms with Gasteiger partial charge in [-0.3, -0.25) is 0 Å². The summed E-state index contributed by atoms with van der Waals surface area (Å²) >= 11 is 0. The summed E-state index contributed by atoms with van der Waals surface area (Å²) in [6.45, 7) is 3.51. The van der Waals surface area contributed by atoms with Gasteiger partial charge in [-0.1, -0.05) is 6.42 Å². The van der Waals surface area contributed by atoms with E-state index in [1.54, 1.807) is 4.31 Å². The molecule has 0 aromatic heterocycles. The third-order valence-electron chi connectivity index (χ3n) is 3.59. The average molecular weight is 278 g/mol. The Hall–Kier alpha value is -0.210. The van der Waals surface area contributed by atoms with Crippen molar-refractivity contribution < 1.29 is 18.3 Å². The molecule has 6 nitrogen and oxygen atoms in total. The summed E-state index contributed by atoms with van der Waals surface area (Å²) in [6, 6.07) is -0.167. The van der Waals surface area contributed by atoms with E-state index in [2.05, 4.69) is 0 Å². The van der Waals surface area contributed by atoms with Gasteiger partial charge >= 0.3 is 0 Å². The standard InChI is InChI=1S/C11H22N2O4S/c1-10-9-17-11(8-14)7-13(10)18(15,16)12-5-3-2-4-6-12/h10-11,14H,2-9H2,1H3. The second-order valence-electron chi connectivity index (χ2n) is 5.02. The zero-order valence-electron chi connectivity index (χ0n) is 10.8. The molecule has 0 aromatic carbocycles. The first-order valence-corrected chi connectivity index (χ1v) is 7.95. The zero-order chi connectivity index (χ0) is 13.2. The second-order valence-corrected chi connectivity index (χ2v) is 6.91. The Morgan fingerprint density at radius 3 is 2.56 bits per heavy atom. The van der Waals surface area contributed by atoms with Crippen molar-refractivity contribution in [2.24, 2.45) is 0 Å². The topological polar surface area (TPSA) is 70.1 Å². The molecule has 0 radical (unpaired) electrons. The molecule has 7 heteroatoms. The van der Waals surface area contributed by atoms with Crippen LogP contribution in [0, 0.1) is 0 Å². The highest BCUT2D eigenvalue weighted by Crippen LogP contribution is 2.21. The van der Waals surface area contributed by atoms with E-state index in [1.165, 1.54) is 4.31 Å². The van der Waals surface area contributed by atoms with Crippen LogP contribution in [0.4, 0.5) is 0 Å². The molecule has 1 N–H and O–H groups in total. The fourth-order valence-electron chi connectivity index (χ4n) is 2.47. The minimum Gasteiger partial charge on any atom is -0.394 e. The first kappa shape index (κ1) is 14.2. The van der Waals surface area contributed by atoms with Crippen LogP contribution >= 0.6 is 0 Å². The van der Waals surface area contributed by atoms with Crippen LogP contribution in [-0.4, -0.2) is 67.1 Å². The summed E-state index contributed by atoms with van der Waals surface area (Å²) in [5, 5.41) is 9.11. The zero-order valence-corrected chi connectivity index (χ0v) is 11.6. The quantitative estimate of drug-likeness (QED) is 0.776. The Morgan fingerprint density at radius 1 is 1.28 bits per heavy atom. The van der Waals surface area contributed by atoms with Crippen LogP contribution in [0.2, 0.25) is 0 Å². The van der Waals surface area contributed by atoms with Crippen molar-refractivity contribution >= 4 is 10.2 Å². The maximum absolute atomic E-state index is 12.5. The van der Waals surface area contributed by atoms with E-state index < -0.39 is 16.3 Å². The minimum absolute atomic E-state index is 0.140. The number of hydrogen-bond acceptors (Lipinski definition) is 4. The molecule has 2 saturated heterocycles. The second kappa shape index (κ2) is 5.83. The summed E-state index contributed by atoms with van der Waals surface area (Å²) in [7, 11) is -3.40. The summed E-state index contributed by atoms with van der Waals surface area (Å²) in [4.78, 5) is 0. The van der Waals surface area contributed by atoms with Crippen LogP contribution in [0.15, 0.2) is 0 Å². The molecule has 2 heterocycles. The molecule has 0 aromatic rings. The maximum Gasteiger partial charge on any atom is 0.282 e. The maximum atomic E-state index is 12.5. The Labute approximate surface area is 109 Å². The van der Waals surface area contributed by atoms with Gasteiger partial charge in [0.15, 0.2) is 0 Å². The normalized spacial score (nSPS) is 32.6. The molecule has 2 rings (SSSR count). The highest BCUT2D eigenvalue weighted by molar-refractivity contribution is 7.86. The summed E-state index contributed by atoms with van der Waals surface area (Å²) in [6.07, 6.45) is 2.56. The SMILES string of the molecule is CC1COC(CO)CN1S(=O)(=O)N1CCCCC1. The number of hydrogen-bond donors (Lipinski definition) is 1. The molecule has 0 bridgehead atoms. The van der Waals surface area contributed by atoms with E-state index in [9.17, 15) is 8.42 Å². The van der Waals surface area contributed by atoms with Gasteiger partial charge in [0.25, 0.3) is 10.2 Å². The number of piperidine rings is 1. The van der Waals surface area contributed by atoms with Crippen LogP contribution in [0.3, 0.4) is 0 Å². The third kappa shape index (κ3) is 2.85.